The number of para-hydroxylation sites is 1. The van der Waals surface area contributed by atoms with Gasteiger partial charge in [0.2, 0.25) is 10.0 Å². The molecular formula is C22H20N4O4S. The number of fused-ring (bicyclic) bond motifs is 1. The number of aromatic nitrogens is 1. The molecule has 3 aromatic rings. The number of hydrogen-bond acceptors (Lipinski definition) is 7. The number of sulfonamides is 1. The largest absolute Gasteiger partial charge is 0.462 e. The standard InChI is InChI=1S/C22H20N4O4S/c1-3-12-25-31(28,29)17-10-8-16(9-11-17)26-21-18-7-5-6-15(13-23)20(18)24-14-19(21)22(27)30-4-2/h3,5-11,14,25H,1,4,12H2,2H3,(H,24,26). The zero-order valence-corrected chi connectivity index (χ0v) is 17.6. The van der Waals surface area contributed by atoms with E-state index in [4.69, 9.17) is 4.74 Å². The first-order valence-electron chi connectivity index (χ1n) is 9.38. The number of ether oxygens (including phenoxy) is 1. The number of carbonyl (C=O) groups is 1. The highest BCUT2D eigenvalue weighted by molar-refractivity contribution is 7.89. The zero-order valence-electron chi connectivity index (χ0n) is 16.8. The summed E-state index contributed by atoms with van der Waals surface area (Å²) in [5.74, 6) is -0.561. The monoisotopic (exact) mass is 436 g/mol. The Hall–Kier alpha value is -3.74. The van der Waals surface area contributed by atoms with E-state index in [1.165, 1.54) is 24.4 Å². The third kappa shape index (κ3) is 4.71. The molecule has 1 aromatic heterocycles. The Bertz CT molecular complexity index is 1280. The minimum atomic E-state index is -3.65. The number of carbonyl (C=O) groups excluding carboxylic acids is 1. The molecule has 0 atom stereocenters. The van der Waals surface area contributed by atoms with Crippen LogP contribution in [0.1, 0.15) is 22.8 Å². The van der Waals surface area contributed by atoms with Gasteiger partial charge in [-0.25, -0.2) is 17.9 Å². The molecule has 0 radical (unpaired) electrons. The Morgan fingerprint density at radius 3 is 2.65 bits per heavy atom. The van der Waals surface area contributed by atoms with Crippen molar-refractivity contribution in [3.8, 4) is 6.07 Å². The lowest BCUT2D eigenvalue weighted by Gasteiger charge is -2.15. The highest BCUT2D eigenvalue weighted by atomic mass is 32.2. The molecule has 0 amide bonds. The molecule has 31 heavy (non-hydrogen) atoms. The molecule has 8 nitrogen and oxygen atoms in total. The molecule has 0 unspecified atom stereocenters. The van der Waals surface area contributed by atoms with Gasteiger partial charge < -0.3 is 10.1 Å². The van der Waals surface area contributed by atoms with Crippen molar-refractivity contribution in [1.82, 2.24) is 9.71 Å². The molecule has 0 aliphatic heterocycles. The third-order valence-electron chi connectivity index (χ3n) is 4.36. The predicted octanol–water partition coefficient (Wildman–Crippen LogP) is 3.49. The summed E-state index contributed by atoms with van der Waals surface area (Å²) in [6, 6.07) is 13.2. The summed E-state index contributed by atoms with van der Waals surface area (Å²) < 4.78 is 32.0. The summed E-state index contributed by atoms with van der Waals surface area (Å²) in [6.45, 7) is 5.51. The molecule has 0 saturated heterocycles. The molecule has 0 aliphatic carbocycles. The SMILES string of the molecule is C=CCNS(=O)(=O)c1ccc(Nc2c(C(=O)OCC)cnc3c(C#N)cccc23)cc1. The first kappa shape index (κ1) is 22.0. The van der Waals surface area contributed by atoms with E-state index >= 15 is 0 Å². The van der Waals surface area contributed by atoms with Crippen LogP contribution in [0.25, 0.3) is 10.9 Å². The van der Waals surface area contributed by atoms with Gasteiger partial charge >= 0.3 is 5.97 Å². The number of nitriles is 1. The Labute approximate surface area is 180 Å². The fourth-order valence-corrected chi connectivity index (χ4v) is 3.92. The average Bonchev–Trinajstić information content (AvgIpc) is 2.78. The van der Waals surface area contributed by atoms with Crippen LogP contribution in [0.15, 0.2) is 66.2 Å². The molecule has 0 fully saturated rings. The van der Waals surface area contributed by atoms with E-state index in [0.29, 0.717) is 27.8 Å². The summed E-state index contributed by atoms with van der Waals surface area (Å²) in [6.07, 6.45) is 2.82. The second-order valence-electron chi connectivity index (χ2n) is 6.37. The number of pyridine rings is 1. The smallest absolute Gasteiger partial charge is 0.341 e. The lowest BCUT2D eigenvalue weighted by atomic mass is 10.1. The van der Waals surface area contributed by atoms with E-state index in [9.17, 15) is 18.5 Å². The second kappa shape index (κ2) is 9.38. The first-order valence-corrected chi connectivity index (χ1v) is 10.9. The first-order chi connectivity index (χ1) is 14.9. The fraction of sp³-hybridized carbons (Fsp3) is 0.136. The molecule has 0 aliphatic rings. The summed E-state index contributed by atoms with van der Waals surface area (Å²) >= 11 is 0. The number of hydrogen-bond donors (Lipinski definition) is 2. The van der Waals surface area contributed by atoms with Gasteiger partial charge in [0.05, 0.1) is 28.3 Å². The van der Waals surface area contributed by atoms with Crippen LogP contribution in [0.4, 0.5) is 11.4 Å². The van der Waals surface area contributed by atoms with Crippen molar-refractivity contribution in [3.05, 3.63) is 72.4 Å². The van der Waals surface area contributed by atoms with Gasteiger partial charge in [-0.1, -0.05) is 18.2 Å². The maximum absolute atomic E-state index is 12.5. The molecule has 1 heterocycles. The van der Waals surface area contributed by atoms with Gasteiger partial charge in [-0.3, -0.25) is 4.98 Å². The molecular weight excluding hydrogens is 416 g/mol. The van der Waals surface area contributed by atoms with Crippen LogP contribution in [0.3, 0.4) is 0 Å². The second-order valence-corrected chi connectivity index (χ2v) is 8.14. The normalized spacial score (nSPS) is 11.0. The summed E-state index contributed by atoms with van der Waals surface area (Å²) in [5, 5.41) is 13.1. The minimum absolute atomic E-state index is 0.0943. The van der Waals surface area contributed by atoms with Crippen LogP contribution < -0.4 is 10.0 Å². The van der Waals surface area contributed by atoms with Crippen molar-refractivity contribution < 1.29 is 17.9 Å². The van der Waals surface area contributed by atoms with E-state index in [-0.39, 0.29) is 23.6 Å². The van der Waals surface area contributed by atoms with Gasteiger partial charge in [0.1, 0.15) is 11.6 Å². The van der Waals surface area contributed by atoms with Crippen molar-refractivity contribution in [3.63, 3.8) is 0 Å². The quantitative estimate of drug-likeness (QED) is 0.409. The number of rotatable bonds is 8. The van der Waals surface area contributed by atoms with Crippen LogP contribution in [0.2, 0.25) is 0 Å². The fourth-order valence-electron chi connectivity index (χ4n) is 2.93. The van der Waals surface area contributed by atoms with E-state index < -0.39 is 16.0 Å². The predicted molar refractivity (Wildman–Crippen MR) is 118 cm³/mol. The van der Waals surface area contributed by atoms with Gasteiger partial charge in [-0.05, 0) is 37.3 Å². The van der Waals surface area contributed by atoms with E-state index in [2.05, 4.69) is 27.7 Å². The molecule has 2 aromatic carbocycles. The molecule has 0 spiro atoms. The third-order valence-corrected chi connectivity index (χ3v) is 5.80. The molecule has 9 heteroatoms. The van der Waals surface area contributed by atoms with E-state index in [0.717, 1.165) is 0 Å². The van der Waals surface area contributed by atoms with Crippen molar-refractivity contribution in [2.24, 2.45) is 0 Å². The van der Waals surface area contributed by atoms with Crippen molar-refractivity contribution >= 4 is 38.3 Å². The number of esters is 1. The van der Waals surface area contributed by atoms with Crippen molar-refractivity contribution in [1.29, 1.82) is 5.26 Å². The Morgan fingerprint density at radius 1 is 1.26 bits per heavy atom. The van der Waals surface area contributed by atoms with Gasteiger partial charge in [-0.15, -0.1) is 6.58 Å². The Balaban J connectivity index is 2.05. The van der Waals surface area contributed by atoms with Crippen LogP contribution in [0.5, 0.6) is 0 Å². The number of benzene rings is 2. The highest BCUT2D eigenvalue weighted by Crippen LogP contribution is 2.31. The van der Waals surface area contributed by atoms with Gasteiger partial charge in [0, 0.05) is 23.8 Å². The molecule has 158 valence electrons. The summed E-state index contributed by atoms with van der Waals surface area (Å²) in [7, 11) is -3.65. The summed E-state index contributed by atoms with van der Waals surface area (Å²) in [5.41, 5.74) is 1.97. The average molecular weight is 436 g/mol. The van der Waals surface area contributed by atoms with Gasteiger partial charge in [0.25, 0.3) is 0 Å². The maximum atomic E-state index is 12.5. The molecule has 0 bridgehead atoms. The van der Waals surface area contributed by atoms with Crippen LogP contribution in [0, 0.1) is 11.3 Å². The van der Waals surface area contributed by atoms with E-state index in [1.807, 2.05) is 0 Å². The molecule has 0 saturated carbocycles. The topological polar surface area (TPSA) is 121 Å². The Kier molecular flexibility index (Phi) is 6.65. The van der Waals surface area contributed by atoms with Crippen LogP contribution in [-0.2, 0) is 14.8 Å². The lowest BCUT2D eigenvalue weighted by molar-refractivity contribution is 0.0527. The van der Waals surface area contributed by atoms with Gasteiger partial charge in [0.15, 0.2) is 0 Å². The van der Waals surface area contributed by atoms with Crippen LogP contribution >= 0.6 is 0 Å². The molecule has 3 rings (SSSR count). The van der Waals surface area contributed by atoms with E-state index in [1.54, 1.807) is 37.3 Å². The van der Waals surface area contributed by atoms with Gasteiger partial charge in [-0.2, -0.15) is 5.26 Å². The van der Waals surface area contributed by atoms with Crippen molar-refractivity contribution in [2.75, 3.05) is 18.5 Å². The zero-order chi connectivity index (χ0) is 22.4. The molecule has 2 N–H and O–H groups in total. The number of nitrogens with one attached hydrogen (secondary N) is 2. The highest BCUT2D eigenvalue weighted by Gasteiger charge is 2.19. The minimum Gasteiger partial charge on any atom is -0.462 e. The lowest BCUT2D eigenvalue weighted by Crippen LogP contribution is -2.23. The van der Waals surface area contributed by atoms with Crippen molar-refractivity contribution in [2.45, 2.75) is 11.8 Å². The number of nitrogens with zero attached hydrogens (tertiary/aromatic N) is 2. The number of anilines is 2. The Morgan fingerprint density at radius 2 is 2.00 bits per heavy atom. The summed E-state index contributed by atoms with van der Waals surface area (Å²) in [4.78, 5) is 16.8. The van der Waals surface area contributed by atoms with Crippen LogP contribution in [-0.4, -0.2) is 32.5 Å². The maximum Gasteiger partial charge on any atom is 0.341 e.